The van der Waals surface area contributed by atoms with Crippen molar-refractivity contribution in [1.29, 1.82) is 0 Å². The zero-order chi connectivity index (χ0) is 13.0. The number of nitrogens with one attached hydrogen (secondary N) is 1. The summed E-state index contributed by atoms with van der Waals surface area (Å²) in [5, 5.41) is 3.15. The summed E-state index contributed by atoms with van der Waals surface area (Å²) in [7, 11) is 4.08. The van der Waals surface area contributed by atoms with Crippen molar-refractivity contribution in [2.24, 2.45) is 0 Å². The maximum absolute atomic E-state index is 5.61. The lowest BCUT2D eigenvalue weighted by atomic mass is 10.2. The predicted molar refractivity (Wildman–Crippen MR) is 75.4 cm³/mol. The van der Waals surface area contributed by atoms with Crippen LogP contribution in [0.4, 0.5) is 0 Å². The third-order valence-corrected chi connectivity index (χ3v) is 3.63. The van der Waals surface area contributed by atoms with Crippen molar-refractivity contribution < 1.29 is 9.47 Å². The third-order valence-electron chi connectivity index (χ3n) is 2.90. The Morgan fingerprint density at radius 3 is 2.61 bits per heavy atom. The zero-order valence-corrected chi connectivity index (χ0v) is 12.4. The van der Waals surface area contributed by atoms with Crippen LogP contribution in [0.3, 0.4) is 0 Å². The molecule has 1 aromatic rings. The van der Waals surface area contributed by atoms with E-state index >= 15 is 0 Å². The van der Waals surface area contributed by atoms with Gasteiger partial charge in [0.05, 0.1) is 0 Å². The van der Waals surface area contributed by atoms with E-state index in [0.717, 1.165) is 35.6 Å². The number of benzene rings is 1. The molecule has 0 aliphatic carbocycles. The molecule has 1 aliphatic heterocycles. The highest BCUT2D eigenvalue weighted by atomic mass is 79.9. The fourth-order valence-electron chi connectivity index (χ4n) is 1.90. The monoisotopic (exact) mass is 314 g/mol. The minimum Gasteiger partial charge on any atom is -0.486 e. The highest BCUT2D eigenvalue weighted by Gasteiger charge is 2.15. The Morgan fingerprint density at radius 2 is 1.94 bits per heavy atom. The number of ether oxygens (including phenoxy) is 2. The van der Waals surface area contributed by atoms with Gasteiger partial charge in [-0.05, 0) is 31.8 Å². The largest absolute Gasteiger partial charge is 0.486 e. The van der Waals surface area contributed by atoms with Crippen molar-refractivity contribution in [3.05, 3.63) is 22.2 Å². The Morgan fingerprint density at radius 1 is 1.28 bits per heavy atom. The molecule has 0 unspecified atom stereocenters. The standard InChI is InChI=1S/C13H19BrN2O2/c1-15-3-4-16(2)9-10-7-12-13(8-11(10)14)18-6-5-17-12/h7-8,15H,3-6,9H2,1-2H3. The topological polar surface area (TPSA) is 33.7 Å². The Kier molecular flexibility index (Phi) is 4.86. The lowest BCUT2D eigenvalue weighted by Crippen LogP contribution is -2.27. The number of nitrogens with zero attached hydrogens (tertiary/aromatic N) is 1. The van der Waals surface area contributed by atoms with Crippen molar-refractivity contribution in [3.63, 3.8) is 0 Å². The highest BCUT2D eigenvalue weighted by molar-refractivity contribution is 9.10. The van der Waals surface area contributed by atoms with Gasteiger partial charge in [-0.1, -0.05) is 15.9 Å². The van der Waals surface area contributed by atoms with Gasteiger partial charge in [0.25, 0.3) is 0 Å². The first-order chi connectivity index (χ1) is 8.70. The van der Waals surface area contributed by atoms with Crippen molar-refractivity contribution in [1.82, 2.24) is 10.2 Å². The quantitative estimate of drug-likeness (QED) is 0.899. The number of rotatable bonds is 5. The van der Waals surface area contributed by atoms with E-state index in [4.69, 9.17) is 9.47 Å². The van der Waals surface area contributed by atoms with Crippen molar-refractivity contribution in [3.8, 4) is 11.5 Å². The molecule has 0 saturated heterocycles. The first-order valence-electron chi connectivity index (χ1n) is 6.12. The van der Waals surface area contributed by atoms with Gasteiger partial charge in [-0.2, -0.15) is 0 Å². The molecule has 0 amide bonds. The van der Waals surface area contributed by atoms with Crippen LogP contribution in [0.2, 0.25) is 0 Å². The van der Waals surface area contributed by atoms with Gasteiger partial charge < -0.3 is 19.7 Å². The molecule has 1 aromatic carbocycles. The van der Waals surface area contributed by atoms with Gasteiger partial charge in [0, 0.05) is 24.1 Å². The number of hydrogen-bond donors (Lipinski definition) is 1. The molecule has 0 atom stereocenters. The molecular formula is C13H19BrN2O2. The average molecular weight is 315 g/mol. The lowest BCUT2D eigenvalue weighted by Gasteiger charge is -2.22. The van der Waals surface area contributed by atoms with E-state index in [1.807, 2.05) is 13.1 Å². The van der Waals surface area contributed by atoms with Crippen LogP contribution in [0, 0.1) is 0 Å². The molecule has 0 bridgehead atoms. The fraction of sp³-hybridized carbons (Fsp3) is 0.538. The zero-order valence-electron chi connectivity index (χ0n) is 10.8. The average Bonchev–Trinajstić information content (AvgIpc) is 2.37. The van der Waals surface area contributed by atoms with Crippen LogP contribution in [0.5, 0.6) is 11.5 Å². The van der Waals surface area contributed by atoms with Crippen molar-refractivity contribution >= 4 is 15.9 Å². The van der Waals surface area contributed by atoms with E-state index in [0.29, 0.717) is 13.2 Å². The molecule has 0 spiro atoms. The summed E-state index contributed by atoms with van der Waals surface area (Å²) in [6, 6.07) is 4.06. The SMILES string of the molecule is CNCCN(C)Cc1cc2c(cc1Br)OCCO2. The van der Waals surface area contributed by atoms with Crippen LogP contribution < -0.4 is 14.8 Å². The molecule has 4 nitrogen and oxygen atoms in total. The van der Waals surface area contributed by atoms with Gasteiger partial charge in [-0.15, -0.1) is 0 Å². The summed E-state index contributed by atoms with van der Waals surface area (Å²) >= 11 is 3.59. The first kappa shape index (κ1) is 13.6. The van der Waals surface area contributed by atoms with Gasteiger partial charge >= 0.3 is 0 Å². The summed E-state index contributed by atoms with van der Waals surface area (Å²) in [6.07, 6.45) is 0. The van der Waals surface area contributed by atoms with E-state index in [-0.39, 0.29) is 0 Å². The Bertz CT molecular complexity index is 412. The smallest absolute Gasteiger partial charge is 0.162 e. The Balaban J connectivity index is 2.08. The Labute approximate surface area is 116 Å². The fourth-order valence-corrected chi connectivity index (χ4v) is 2.35. The number of halogens is 1. The molecule has 1 heterocycles. The molecule has 100 valence electrons. The van der Waals surface area contributed by atoms with Gasteiger partial charge in [-0.25, -0.2) is 0 Å². The van der Waals surface area contributed by atoms with Crippen LogP contribution in [-0.2, 0) is 6.54 Å². The van der Waals surface area contributed by atoms with Crippen LogP contribution in [-0.4, -0.2) is 45.3 Å². The molecule has 0 aromatic heterocycles. The number of hydrogen-bond acceptors (Lipinski definition) is 4. The molecule has 18 heavy (non-hydrogen) atoms. The summed E-state index contributed by atoms with van der Waals surface area (Å²) in [5.74, 6) is 1.68. The summed E-state index contributed by atoms with van der Waals surface area (Å²) in [6.45, 7) is 4.14. The Hall–Kier alpha value is -0.780. The number of likely N-dealkylation sites (N-methyl/N-ethyl adjacent to an activating group) is 2. The van der Waals surface area contributed by atoms with Crippen LogP contribution in [0.1, 0.15) is 5.56 Å². The normalized spacial score (nSPS) is 14.0. The van der Waals surface area contributed by atoms with Crippen LogP contribution >= 0.6 is 15.9 Å². The van der Waals surface area contributed by atoms with Crippen LogP contribution in [0.15, 0.2) is 16.6 Å². The molecule has 0 radical (unpaired) electrons. The van der Waals surface area contributed by atoms with Crippen LogP contribution in [0.25, 0.3) is 0 Å². The van der Waals surface area contributed by atoms with E-state index in [1.54, 1.807) is 0 Å². The molecule has 1 N–H and O–H groups in total. The summed E-state index contributed by atoms with van der Waals surface area (Å²) in [5.41, 5.74) is 1.22. The third kappa shape index (κ3) is 3.37. The predicted octanol–water partition coefficient (Wildman–Crippen LogP) is 1.87. The first-order valence-corrected chi connectivity index (χ1v) is 6.91. The second-order valence-electron chi connectivity index (χ2n) is 4.43. The highest BCUT2D eigenvalue weighted by Crippen LogP contribution is 2.35. The molecule has 0 fully saturated rings. The second kappa shape index (κ2) is 6.41. The minimum atomic E-state index is 0.626. The van der Waals surface area contributed by atoms with Crippen molar-refractivity contribution in [2.75, 3.05) is 40.4 Å². The molecular weight excluding hydrogens is 296 g/mol. The maximum atomic E-state index is 5.61. The summed E-state index contributed by atoms with van der Waals surface area (Å²) in [4.78, 5) is 2.27. The lowest BCUT2D eigenvalue weighted by molar-refractivity contribution is 0.171. The molecule has 5 heteroatoms. The number of fused-ring (bicyclic) bond motifs is 1. The van der Waals surface area contributed by atoms with Crippen molar-refractivity contribution in [2.45, 2.75) is 6.54 Å². The second-order valence-corrected chi connectivity index (χ2v) is 5.28. The van der Waals surface area contributed by atoms with E-state index in [9.17, 15) is 0 Å². The minimum absolute atomic E-state index is 0.626. The molecule has 1 aliphatic rings. The maximum Gasteiger partial charge on any atom is 0.162 e. The van der Waals surface area contributed by atoms with Gasteiger partial charge in [0.2, 0.25) is 0 Å². The van der Waals surface area contributed by atoms with Gasteiger partial charge in [-0.3, -0.25) is 0 Å². The van der Waals surface area contributed by atoms with E-state index < -0.39 is 0 Å². The van der Waals surface area contributed by atoms with Gasteiger partial charge in [0.15, 0.2) is 11.5 Å². The van der Waals surface area contributed by atoms with E-state index in [2.05, 4.69) is 39.3 Å². The molecule has 2 rings (SSSR count). The van der Waals surface area contributed by atoms with Gasteiger partial charge in [0.1, 0.15) is 13.2 Å². The molecule has 0 saturated carbocycles. The summed E-state index contributed by atoms with van der Waals surface area (Å²) < 4.78 is 12.2. The van der Waals surface area contributed by atoms with E-state index in [1.165, 1.54) is 5.56 Å².